The molecule has 0 N–H and O–H groups in total. The summed E-state index contributed by atoms with van der Waals surface area (Å²) in [4.78, 5) is 12.6. The molecule has 1 saturated carbocycles. The summed E-state index contributed by atoms with van der Waals surface area (Å²) >= 11 is 0. The van der Waals surface area contributed by atoms with E-state index in [0.717, 1.165) is 22.6 Å². The highest BCUT2D eigenvalue weighted by atomic mass is 16.5. The average Bonchev–Trinajstić information content (AvgIpc) is 3.30. The minimum atomic E-state index is 0.0589. The Morgan fingerprint density at radius 1 is 1.26 bits per heavy atom. The van der Waals surface area contributed by atoms with E-state index < -0.39 is 0 Å². The van der Waals surface area contributed by atoms with E-state index in [0.29, 0.717) is 12.0 Å². The summed E-state index contributed by atoms with van der Waals surface area (Å²) in [6.45, 7) is 8.48. The van der Waals surface area contributed by atoms with Crippen molar-refractivity contribution in [2.45, 2.75) is 52.5 Å². The van der Waals surface area contributed by atoms with Gasteiger partial charge in [0.1, 0.15) is 5.75 Å². The van der Waals surface area contributed by atoms with Crippen LogP contribution in [0.4, 0.5) is 0 Å². The Morgan fingerprint density at radius 3 is 2.61 bits per heavy atom. The van der Waals surface area contributed by atoms with E-state index in [9.17, 15) is 4.79 Å². The largest absolute Gasteiger partial charge is 0.485 e. The maximum absolute atomic E-state index is 12.6. The number of para-hydroxylation sites is 1. The van der Waals surface area contributed by atoms with Gasteiger partial charge in [0, 0.05) is 23.0 Å². The molecule has 0 unspecified atom stereocenters. The first-order chi connectivity index (χ1) is 11.0. The quantitative estimate of drug-likeness (QED) is 0.716. The highest BCUT2D eigenvalue weighted by molar-refractivity contribution is 5.98. The first-order valence-corrected chi connectivity index (χ1v) is 8.42. The minimum Gasteiger partial charge on any atom is -0.485 e. The molecule has 0 radical (unpaired) electrons. The molecule has 1 aromatic carbocycles. The number of hydrogen-bond donors (Lipinski definition) is 0. The van der Waals surface area contributed by atoms with E-state index >= 15 is 0 Å². The molecule has 0 saturated heterocycles. The van der Waals surface area contributed by atoms with E-state index in [4.69, 9.17) is 4.74 Å². The van der Waals surface area contributed by atoms with E-state index in [1.54, 1.807) is 0 Å². The molecule has 23 heavy (non-hydrogen) atoms. The maximum Gasteiger partial charge on any atom is 0.202 e. The van der Waals surface area contributed by atoms with Crippen molar-refractivity contribution in [3.63, 3.8) is 0 Å². The summed E-state index contributed by atoms with van der Waals surface area (Å²) in [5.74, 6) is 1.25. The van der Waals surface area contributed by atoms with Crippen molar-refractivity contribution in [3.05, 3.63) is 52.8 Å². The SMILES string of the molecule is Cc1cc(C(=O)COc2ccccc2C(C)C)c(C)n1C1CC1. The molecule has 1 aliphatic carbocycles. The highest BCUT2D eigenvalue weighted by Crippen LogP contribution is 2.38. The van der Waals surface area contributed by atoms with Crippen LogP contribution in [0.15, 0.2) is 30.3 Å². The van der Waals surface area contributed by atoms with Gasteiger partial charge in [-0.2, -0.15) is 0 Å². The van der Waals surface area contributed by atoms with Crippen LogP contribution >= 0.6 is 0 Å². The zero-order valence-electron chi connectivity index (χ0n) is 14.4. The van der Waals surface area contributed by atoms with Crippen LogP contribution in [-0.4, -0.2) is 17.0 Å². The second-order valence-electron chi connectivity index (χ2n) is 6.79. The summed E-state index contributed by atoms with van der Waals surface area (Å²) < 4.78 is 8.14. The number of ketones is 1. The monoisotopic (exact) mass is 311 g/mol. The fourth-order valence-electron chi connectivity index (χ4n) is 3.26. The molecule has 0 atom stereocenters. The van der Waals surface area contributed by atoms with Gasteiger partial charge in [-0.3, -0.25) is 4.79 Å². The van der Waals surface area contributed by atoms with Gasteiger partial charge in [0.25, 0.3) is 0 Å². The molecular weight excluding hydrogens is 286 g/mol. The van der Waals surface area contributed by atoms with Crippen LogP contribution in [-0.2, 0) is 0 Å². The van der Waals surface area contributed by atoms with Crippen molar-refractivity contribution < 1.29 is 9.53 Å². The van der Waals surface area contributed by atoms with Crippen molar-refractivity contribution in [1.82, 2.24) is 4.57 Å². The minimum absolute atomic E-state index is 0.0589. The third-order valence-electron chi connectivity index (χ3n) is 4.60. The van der Waals surface area contributed by atoms with Crippen LogP contribution < -0.4 is 4.74 Å². The van der Waals surface area contributed by atoms with Crippen LogP contribution in [0.5, 0.6) is 5.75 Å². The third kappa shape index (κ3) is 3.19. The summed E-state index contributed by atoms with van der Waals surface area (Å²) in [5.41, 5.74) is 4.20. The van der Waals surface area contributed by atoms with Gasteiger partial charge in [-0.25, -0.2) is 0 Å². The zero-order chi connectivity index (χ0) is 16.6. The van der Waals surface area contributed by atoms with Crippen LogP contribution in [0.1, 0.15) is 66.0 Å². The first-order valence-electron chi connectivity index (χ1n) is 8.42. The van der Waals surface area contributed by atoms with Crippen molar-refractivity contribution in [2.24, 2.45) is 0 Å². The molecule has 0 amide bonds. The number of hydrogen-bond acceptors (Lipinski definition) is 2. The molecule has 3 nitrogen and oxygen atoms in total. The Morgan fingerprint density at radius 2 is 1.96 bits per heavy atom. The van der Waals surface area contributed by atoms with Gasteiger partial charge < -0.3 is 9.30 Å². The van der Waals surface area contributed by atoms with Gasteiger partial charge in [-0.05, 0) is 50.3 Å². The second kappa shape index (κ2) is 6.23. The van der Waals surface area contributed by atoms with Gasteiger partial charge >= 0.3 is 0 Å². The molecule has 0 spiro atoms. The maximum atomic E-state index is 12.6. The Balaban J connectivity index is 1.75. The van der Waals surface area contributed by atoms with Gasteiger partial charge in [-0.15, -0.1) is 0 Å². The zero-order valence-corrected chi connectivity index (χ0v) is 14.4. The van der Waals surface area contributed by atoms with Crippen LogP contribution in [0.3, 0.4) is 0 Å². The Labute approximate surface area is 138 Å². The lowest BCUT2D eigenvalue weighted by Gasteiger charge is -2.13. The first kappa shape index (κ1) is 15.9. The van der Waals surface area contributed by atoms with E-state index in [1.165, 1.54) is 18.5 Å². The predicted molar refractivity (Wildman–Crippen MR) is 92.5 cm³/mol. The van der Waals surface area contributed by atoms with Crippen LogP contribution in [0, 0.1) is 13.8 Å². The Bertz CT molecular complexity index is 723. The Hall–Kier alpha value is -2.03. The van der Waals surface area contributed by atoms with E-state index in [1.807, 2.05) is 31.2 Å². The number of aryl methyl sites for hydroxylation is 1. The number of aromatic nitrogens is 1. The Kier molecular flexibility index (Phi) is 4.29. The van der Waals surface area contributed by atoms with Gasteiger partial charge in [0.05, 0.1) is 0 Å². The summed E-state index contributed by atoms with van der Waals surface area (Å²) in [5, 5.41) is 0. The number of benzene rings is 1. The lowest BCUT2D eigenvalue weighted by Crippen LogP contribution is -2.13. The molecular formula is C20H25NO2. The lowest BCUT2D eigenvalue weighted by atomic mass is 10.0. The van der Waals surface area contributed by atoms with Crippen molar-refractivity contribution in [2.75, 3.05) is 6.61 Å². The molecule has 1 aromatic heterocycles. The number of nitrogens with zero attached hydrogens (tertiary/aromatic N) is 1. The van der Waals surface area contributed by atoms with Crippen molar-refractivity contribution in [3.8, 4) is 5.75 Å². The topological polar surface area (TPSA) is 31.2 Å². The number of ether oxygens (including phenoxy) is 1. The highest BCUT2D eigenvalue weighted by Gasteiger charge is 2.28. The van der Waals surface area contributed by atoms with Crippen LogP contribution in [0.25, 0.3) is 0 Å². The molecule has 1 heterocycles. The lowest BCUT2D eigenvalue weighted by molar-refractivity contribution is 0.0920. The number of carbonyl (C=O) groups is 1. The van der Waals surface area contributed by atoms with Crippen molar-refractivity contribution in [1.29, 1.82) is 0 Å². The molecule has 3 heteroatoms. The second-order valence-corrected chi connectivity index (χ2v) is 6.79. The molecule has 0 bridgehead atoms. The van der Waals surface area contributed by atoms with E-state index in [2.05, 4.69) is 31.4 Å². The van der Waals surface area contributed by atoms with Crippen LogP contribution in [0.2, 0.25) is 0 Å². The molecule has 1 aliphatic rings. The average molecular weight is 311 g/mol. The molecule has 122 valence electrons. The summed E-state index contributed by atoms with van der Waals surface area (Å²) in [6, 6.07) is 10.6. The number of Topliss-reactive ketones (excluding diaryl/α,β-unsaturated/α-hetero) is 1. The normalized spacial score (nSPS) is 14.3. The smallest absolute Gasteiger partial charge is 0.202 e. The fourth-order valence-corrected chi connectivity index (χ4v) is 3.26. The molecule has 2 aromatic rings. The predicted octanol–water partition coefficient (Wildman–Crippen LogP) is 4.82. The molecule has 0 aliphatic heterocycles. The number of rotatable bonds is 6. The van der Waals surface area contributed by atoms with E-state index in [-0.39, 0.29) is 12.4 Å². The summed E-state index contributed by atoms with van der Waals surface area (Å²) in [7, 11) is 0. The van der Waals surface area contributed by atoms with Crippen molar-refractivity contribution >= 4 is 5.78 Å². The van der Waals surface area contributed by atoms with Gasteiger partial charge in [0.15, 0.2) is 6.61 Å². The van der Waals surface area contributed by atoms with Gasteiger partial charge in [0.2, 0.25) is 5.78 Å². The standard InChI is InChI=1S/C20H25NO2/c1-13(2)17-7-5-6-8-20(17)23-12-19(22)18-11-14(3)21(15(18)4)16-9-10-16/h5-8,11,13,16H,9-10,12H2,1-4H3. The molecule has 3 rings (SSSR count). The molecule has 1 fully saturated rings. The fraction of sp³-hybridized carbons (Fsp3) is 0.450. The number of carbonyl (C=O) groups excluding carboxylic acids is 1. The summed E-state index contributed by atoms with van der Waals surface area (Å²) in [6.07, 6.45) is 2.45. The van der Waals surface area contributed by atoms with Gasteiger partial charge in [-0.1, -0.05) is 32.0 Å². The third-order valence-corrected chi connectivity index (χ3v) is 4.60.